The minimum Gasteiger partial charge on any atom is -0.740 e. The molecule has 2 aromatic heterocycles. The molecule has 0 atom stereocenters. The first kappa shape index (κ1) is 10.7. The Morgan fingerprint density at radius 1 is 1.40 bits per heavy atom. The van der Waals surface area contributed by atoms with Gasteiger partial charge in [0.2, 0.25) is 0 Å². The van der Waals surface area contributed by atoms with Crippen LogP contribution in [0.3, 0.4) is 0 Å². The maximum atomic E-state index is 5.90. The molecule has 0 aromatic carbocycles. The van der Waals surface area contributed by atoms with Gasteiger partial charge in [-0.1, -0.05) is 23.2 Å². The summed E-state index contributed by atoms with van der Waals surface area (Å²) in [5, 5.41) is 8.78. The lowest BCUT2D eigenvalue weighted by molar-refractivity contribution is 0.676. The zero-order valence-corrected chi connectivity index (χ0v) is 10.0. The standard InChI is InChI=1S/C7H7Cl2N5S/c1-13-4(11-12-7(13)15)2-14-3-10-5(8)6(14)9/h3H,2H2,1H3,(H,12,15)/p-1. The number of nitrogens with zero attached hydrogens (tertiary/aromatic N) is 5. The molecule has 2 heterocycles. The molecule has 0 aliphatic heterocycles. The van der Waals surface area contributed by atoms with Crippen LogP contribution < -0.4 is 0 Å². The SMILES string of the molecule is Cn1c([S-])nnc1Cn1cnc(Cl)c1Cl. The van der Waals surface area contributed by atoms with Crippen molar-refractivity contribution in [2.45, 2.75) is 11.7 Å². The Hall–Kier alpha value is -0.850. The fraction of sp³-hybridized carbons (Fsp3) is 0.286. The molecule has 0 unspecified atom stereocenters. The first-order valence-corrected chi connectivity index (χ1v) is 5.17. The molecule has 0 saturated carbocycles. The van der Waals surface area contributed by atoms with Crippen molar-refractivity contribution >= 4 is 35.8 Å². The van der Waals surface area contributed by atoms with E-state index in [-0.39, 0.29) is 5.15 Å². The highest BCUT2D eigenvalue weighted by molar-refractivity contribution is 7.58. The van der Waals surface area contributed by atoms with E-state index in [1.165, 1.54) is 0 Å². The van der Waals surface area contributed by atoms with Gasteiger partial charge in [-0.25, -0.2) is 4.98 Å². The van der Waals surface area contributed by atoms with Crippen molar-refractivity contribution in [3.8, 4) is 0 Å². The van der Waals surface area contributed by atoms with E-state index in [1.807, 2.05) is 0 Å². The number of halogens is 2. The molecular formula is C7H6Cl2N5S-. The summed E-state index contributed by atoms with van der Waals surface area (Å²) in [6.45, 7) is 0.443. The van der Waals surface area contributed by atoms with Crippen LogP contribution in [0.25, 0.3) is 0 Å². The van der Waals surface area contributed by atoms with Crippen molar-refractivity contribution in [3.63, 3.8) is 0 Å². The molecule has 5 nitrogen and oxygen atoms in total. The minimum absolute atomic E-state index is 0.275. The molecule has 0 N–H and O–H groups in total. The Morgan fingerprint density at radius 2 is 2.13 bits per heavy atom. The number of hydrogen-bond acceptors (Lipinski definition) is 4. The lowest BCUT2D eigenvalue weighted by atomic mass is 10.6. The van der Waals surface area contributed by atoms with Crippen molar-refractivity contribution in [2.24, 2.45) is 7.05 Å². The highest BCUT2D eigenvalue weighted by Gasteiger charge is 2.09. The summed E-state index contributed by atoms with van der Waals surface area (Å²) in [5.74, 6) is 0.705. The van der Waals surface area contributed by atoms with Crippen LogP contribution in [0.5, 0.6) is 0 Å². The molecule has 0 aliphatic carbocycles. The third-order valence-corrected chi connectivity index (χ3v) is 3.09. The van der Waals surface area contributed by atoms with Gasteiger partial charge in [0.25, 0.3) is 0 Å². The second-order valence-electron chi connectivity index (χ2n) is 2.91. The zero-order chi connectivity index (χ0) is 11.0. The highest BCUT2D eigenvalue weighted by Crippen LogP contribution is 2.20. The first-order valence-electron chi connectivity index (χ1n) is 4.01. The molecule has 0 amide bonds. The van der Waals surface area contributed by atoms with Crippen LogP contribution in [0.1, 0.15) is 5.82 Å². The molecule has 0 bridgehead atoms. The van der Waals surface area contributed by atoms with Crippen molar-refractivity contribution in [1.29, 1.82) is 0 Å². The van der Waals surface area contributed by atoms with Crippen molar-refractivity contribution in [2.75, 3.05) is 0 Å². The van der Waals surface area contributed by atoms with E-state index in [2.05, 4.69) is 15.2 Å². The predicted molar refractivity (Wildman–Crippen MR) is 58.0 cm³/mol. The Labute approximate surface area is 101 Å². The third-order valence-electron chi connectivity index (χ3n) is 1.97. The van der Waals surface area contributed by atoms with Crippen LogP contribution in [0.2, 0.25) is 10.3 Å². The van der Waals surface area contributed by atoms with Crippen LogP contribution >= 0.6 is 23.2 Å². The van der Waals surface area contributed by atoms with Gasteiger partial charge in [0.1, 0.15) is 5.15 Å². The van der Waals surface area contributed by atoms with Gasteiger partial charge >= 0.3 is 0 Å². The summed E-state index contributed by atoms with van der Waals surface area (Å²) in [4.78, 5) is 3.86. The summed E-state index contributed by atoms with van der Waals surface area (Å²) in [5.41, 5.74) is 0. The monoisotopic (exact) mass is 262 g/mol. The van der Waals surface area contributed by atoms with Gasteiger partial charge in [0, 0.05) is 12.2 Å². The first-order chi connectivity index (χ1) is 7.09. The van der Waals surface area contributed by atoms with Gasteiger partial charge in [0.05, 0.1) is 12.9 Å². The maximum absolute atomic E-state index is 5.90. The van der Waals surface area contributed by atoms with Gasteiger partial charge < -0.3 is 21.8 Å². The average molecular weight is 263 g/mol. The zero-order valence-electron chi connectivity index (χ0n) is 7.68. The number of aromatic nitrogens is 5. The lowest BCUT2D eigenvalue weighted by Crippen LogP contribution is -2.05. The summed E-state index contributed by atoms with van der Waals surface area (Å²) >= 11 is 16.5. The van der Waals surface area contributed by atoms with Crippen molar-refractivity contribution in [3.05, 3.63) is 22.5 Å². The van der Waals surface area contributed by atoms with Crippen LogP contribution in [-0.2, 0) is 26.2 Å². The van der Waals surface area contributed by atoms with E-state index >= 15 is 0 Å². The Kier molecular flexibility index (Phi) is 2.81. The third kappa shape index (κ3) is 1.92. The summed E-state index contributed by atoms with van der Waals surface area (Å²) < 4.78 is 3.38. The average Bonchev–Trinajstić information content (AvgIpc) is 2.68. The van der Waals surface area contributed by atoms with Crippen LogP contribution in [0.4, 0.5) is 0 Å². The van der Waals surface area contributed by atoms with Gasteiger partial charge in [0.15, 0.2) is 11.0 Å². The summed E-state index contributed by atoms with van der Waals surface area (Å²) in [7, 11) is 1.80. The topological polar surface area (TPSA) is 48.5 Å². The van der Waals surface area contributed by atoms with E-state index in [9.17, 15) is 0 Å². The molecule has 0 aliphatic rings. The molecule has 80 valence electrons. The molecule has 2 aromatic rings. The second kappa shape index (κ2) is 3.96. The number of rotatable bonds is 2. The Morgan fingerprint density at radius 3 is 2.60 bits per heavy atom. The van der Waals surface area contributed by atoms with Crippen LogP contribution in [0.15, 0.2) is 11.5 Å². The van der Waals surface area contributed by atoms with Crippen molar-refractivity contribution < 1.29 is 0 Å². The largest absolute Gasteiger partial charge is 0.740 e. The summed E-state index contributed by atoms with van der Waals surface area (Å²) in [6, 6.07) is 0. The maximum Gasteiger partial charge on any atom is 0.166 e. The normalized spacial score (nSPS) is 10.9. The molecule has 0 saturated heterocycles. The quantitative estimate of drug-likeness (QED) is 0.766. The molecule has 0 radical (unpaired) electrons. The van der Waals surface area contributed by atoms with E-state index in [1.54, 1.807) is 22.5 Å². The molecular weight excluding hydrogens is 257 g/mol. The predicted octanol–water partition coefficient (Wildman–Crippen LogP) is 1.27. The molecule has 2 rings (SSSR count). The number of hydrogen-bond donors (Lipinski definition) is 0. The molecule has 0 fully saturated rings. The Bertz CT molecular complexity index is 447. The van der Waals surface area contributed by atoms with E-state index < -0.39 is 0 Å². The summed E-state index contributed by atoms with van der Waals surface area (Å²) in [6.07, 6.45) is 1.54. The van der Waals surface area contributed by atoms with Gasteiger partial charge in [-0.3, -0.25) is 0 Å². The minimum atomic E-state index is 0.275. The fourth-order valence-electron chi connectivity index (χ4n) is 1.09. The van der Waals surface area contributed by atoms with Crippen molar-refractivity contribution in [1.82, 2.24) is 24.3 Å². The Balaban J connectivity index is 2.29. The smallest absolute Gasteiger partial charge is 0.166 e. The van der Waals surface area contributed by atoms with Gasteiger partial charge in [-0.05, 0) is 0 Å². The molecule has 8 heteroatoms. The van der Waals surface area contributed by atoms with Crippen LogP contribution in [0, 0.1) is 0 Å². The number of imidazole rings is 1. The molecule has 15 heavy (non-hydrogen) atoms. The van der Waals surface area contributed by atoms with Gasteiger partial charge in [-0.2, -0.15) is 5.10 Å². The van der Waals surface area contributed by atoms with E-state index in [4.69, 9.17) is 35.8 Å². The lowest BCUT2D eigenvalue weighted by Gasteiger charge is -2.07. The fourth-order valence-corrected chi connectivity index (χ4v) is 1.54. The van der Waals surface area contributed by atoms with Gasteiger partial charge in [-0.15, -0.1) is 5.10 Å². The highest BCUT2D eigenvalue weighted by atomic mass is 35.5. The second-order valence-corrected chi connectivity index (χ2v) is 3.99. The molecule has 0 spiro atoms. The van der Waals surface area contributed by atoms with E-state index in [0.717, 1.165) is 0 Å². The van der Waals surface area contributed by atoms with E-state index in [0.29, 0.717) is 22.7 Å². The van der Waals surface area contributed by atoms with Crippen LogP contribution in [-0.4, -0.2) is 24.3 Å².